The lowest BCUT2D eigenvalue weighted by atomic mass is 10.1. The number of amides is 4. The van der Waals surface area contributed by atoms with Crippen LogP contribution in [0.25, 0.3) is 11.8 Å². The summed E-state index contributed by atoms with van der Waals surface area (Å²) in [7, 11) is 0. The summed E-state index contributed by atoms with van der Waals surface area (Å²) in [6, 6.07) is 12.4. The fourth-order valence-corrected chi connectivity index (χ4v) is 3.87. The SMILES string of the molecule is CCc1ccccc1-n1c(C)cc(/C=C2\C(=O)NC(=O)N(c3ccncc3)C2=O)c1C. The average Bonchev–Trinajstić information content (AvgIpc) is 3.04. The van der Waals surface area contributed by atoms with Crippen LogP contribution in [0.3, 0.4) is 0 Å². The number of para-hydroxylation sites is 1. The Hall–Kier alpha value is -4.00. The van der Waals surface area contributed by atoms with Crippen molar-refractivity contribution in [2.24, 2.45) is 0 Å². The number of aryl methyl sites for hydroxylation is 2. The predicted octanol–water partition coefficient (Wildman–Crippen LogP) is 3.72. The first-order valence-electron chi connectivity index (χ1n) is 10.0. The maximum absolute atomic E-state index is 13.1. The Bertz CT molecular complexity index is 1220. The number of hydrogen-bond donors (Lipinski definition) is 1. The number of nitrogens with one attached hydrogen (secondary N) is 1. The fourth-order valence-electron chi connectivity index (χ4n) is 3.87. The van der Waals surface area contributed by atoms with Crippen molar-refractivity contribution in [3.63, 3.8) is 0 Å². The van der Waals surface area contributed by atoms with Crippen LogP contribution in [0.4, 0.5) is 10.5 Å². The summed E-state index contributed by atoms with van der Waals surface area (Å²) in [5.74, 6) is -1.38. The molecule has 1 aliphatic heterocycles. The molecular weight excluding hydrogens is 392 g/mol. The topological polar surface area (TPSA) is 84.3 Å². The Labute approximate surface area is 180 Å². The van der Waals surface area contributed by atoms with Crippen molar-refractivity contribution in [3.8, 4) is 5.69 Å². The van der Waals surface area contributed by atoms with Gasteiger partial charge in [-0.1, -0.05) is 25.1 Å². The second-order valence-corrected chi connectivity index (χ2v) is 7.31. The van der Waals surface area contributed by atoms with E-state index >= 15 is 0 Å². The van der Waals surface area contributed by atoms with Gasteiger partial charge in [-0.25, -0.2) is 9.69 Å². The average molecular weight is 414 g/mol. The Kier molecular flexibility index (Phi) is 5.25. The number of imide groups is 2. The zero-order valence-electron chi connectivity index (χ0n) is 17.5. The normalized spacial score (nSPS) is 15.5. The highest BCUT2D eigenvalue weighted by molar-refractivity contribution is 6.39. The van der Waals surface area contributed by atoms with Gasteiger partial charge in [0.25, 0.3) is 11.8 Å². The first kappa shape index (κ1) is 20.3. The van der Waals surface area contributed by atoms with Crippen molar-refractivity contribution in [1.29, 1.82) is 0 Å². The Morgan fingerprint density at radius 3 is 2.45 bits per heavy atom. The number of carbonyl (C=O) groups excluding carboxylic acids is 3. The summed E-state index contributed by atoms with van der Waals surface area (Å²) < 4.78 is 2.11. The zero-order chi connectivity index (χ0) is 22.1. The van der Waals surface area contributed by atoms with E-state index in [4.69, 9.17) is 0 Å². The van der Waals surface area contributed by atoms with E-state index in [0.717, 1.165) is 34.0 Å². The van der Waals surface area contributed by atoms with E-state index in [1.807, 2.05) is 32.0 Å². The molecule has 31 heavy (non-hydrogen) atoms. The highest BCUT2D eigenvalue weighted by atomic mass is 16.2. The van der Waals surface area contributed by atoms with Gasteiger partial charge in [-0.3, -0.25) is 19.9 Å². The van der Waals surface area contributed by atoms with Crippen LogP contribution in [0.5, 0.6) is 0 Å². The van der Waals surface area contributed by atoms with Crippen LogP contribution >= 0.6 is 0 Å². The van der Waals surface area contributed by atoms with E-state index in [0.29, 0.717) is 5.69 Å². The summed E-state index contributed by atoms with van der Waals surface area (Å²) in [6.45, 7) is 6.03. The Morgan fingerprint density at radius 2 is 1.74 bits per heavy atom. The van der Waals surface area contributed by atoms with Gasteiger partial charge in [0.05, 0.1) is 5.69 Å². The molecule has 2 aromatic heterocycles. The monoisotopic (exact) mass is 414 g/mol. The highest BCUT2D eigenvalue weighted by Gasteiger charge is 2.37. The minimum absolute atomic E-state index is 0.0968. The minimum atomic E-state index is -0.777. The molecule has 3 aromatic rings. The minimum Gasteiger partial charge on any atom is -0.318 e. The maximum Gasteiger partial charge on any atom is 0.335 e. The van der Waals surface area contributed by atoms with Gasteiger partial charge in [-0.2, -0.15) is 0 Å². The molecule has 0 radical (unpaired) electrons. The second kappa shape index (κ2) is 8.02. The molecule has 7 heteroatoms. The lowest BCUT2D eigenvalue weighted by Gasteiger charge is -2.26. The van der Waals surface area contributed by atoms with Crippen LogP contribution in [0.2, 0.25) is 0 Å². The predicted molar refractivity (Wildman–Crippen MR) is 118 cm³/mol. The molecule has 4 rings (SSSR count). The molecule has 0 aliphatic carbocycles. The molecule has 7 nitrogen and oxygen atoms in total. The first-order valence-corrected chi connectivity index (χ1v) is 10.0. The van der Waals surface area contributed by atoms with Gasteiger partial charge in [0.2, 0.25) is 0 Å². The number of benzene rings is 1. The van der Waals surface area contributed by atoms with Crippen molar-refractivity contribution in [2.45, 2.75) is 27.2 Å². The second-order valence-electron chi connectivity index (χ2n) is 7.31. The van der Waals surface area contributed by atoms with Crippen LogP contribution in [-0.4, -0.2) is 27.4 Å². The quantitative estimate of drug-likeness (QED) is 0.521. The molecular formula is C24H22N4O3. The molecule has 1 aliphatic rings. The number of nitrogens with zero attached hydrogens (tertiary/aromatic N) is 3. The standard InChI is InChI=1S/C24H22N4O3/c1-4-17-7-5-6-8-21(17)27-15(2)13-18(16(27)3)14-20-22(29)26-24(31)28(23(20)30)19-9-11-25-12-10-19/h5-14H,4H2,1-3H3,(H,26,29,31)/b20-14+. The molecule has 0 saturated carbocycles. The van der Waals surface area contributed by atoms with Gasteiger partial charge in [-0.15, -0.1) is 0 Å². The fraction of sp³-hybridized carbons (Fsp3) is 0.167. The zero-order valence-corrected chi connectivity index (χ0v) is 17.5. The Balaban J connectivity index is 1.79. The number of urea groups is 1. The van der Waals surface area contributed by atoms with E-state index in [1.54, 1.807) is 18.2 Å². The number of aromatic nitrogens is 2. The van der Waals surface area contributed by atoms with E-state index in [1.165, 1.54) is 18.0 Å². The summed E-state index contributed by atoms with van der Waals surface area (Å²) in [6.07, 6.45) is 5.39. The Morgan fingerprint density at radius 1 is 1.03 bits per heavy atom. The van der Waals surface area contributed by atoms with Gasteiger partial charge in [0, 0.05) is 29.5 Å². The van der Waals surface area contributed by atoms with Crippen molar-refractivity contribution in [1.82, 2.24) is 14.9 Å². The molecule has 0 bridgehead atoms. The molecule has 0 atom stereocenters. The molecule has 1 N–H and O–H groups in total. The number of barbiturate groups is 1. The molecule has 1 saturated heterocycles. The number of rotatable bonds is 4. The molecule has 0 unspecified atom stereocenters. The third-order valence-corrected chi connectivity index (χ3v) is 5.41. The van der Waals surface area contributed by atoms with Gasteiger partial charge in [0.15, 0.2) is 0 Å². The third-order valence-electron chi connectivity index (χ3n) is 5.41. The summed E-state index contributed by atoms with van der Waals surface area (Å²) in [4.78, 5) is 42.7. The number of pyridine rings is 1. The van der Waals surface area contributed by atoms with Crippen molar-refractivity contribution >= 4 is 29.6 Å². The summed E-state index contributed by atoms with van der Waals surface area (Å²) in [5, 5.41) is 2.25. The highest BCUT2D eigenvalue weighted by Crippen LogP contribution is 2.27. The van der Waals surface area contributed by atoms with Gasteiger partial charge < -0.3 is 4.57 Å². The van der Waals surface area contributed by atoms with Gasteiger partial charge in [-0.05, 0) is 61.7 Å². The summed E-state index contributed by atoms with van der Waals surface area (Å²) >= 11 is 0. The first-order chi connectivity index (χ1) is 14.9. The molecule has 0 spiro atoms. The third kappa shape index (κ3) is 3.54. The molecule has 1 fully saturated rings. The van der Waals surface area contributed by atoms with E-state index < -0.39 is 17.8 Å². The van der Waals surface area contributed by atoms with Crippen LogP contribution in [0, 0.1) is 13.8 Å². The van der Waals surface area contributed by atoms with Crippen LogP contribution < -0.4 is 10.2 Å². The molecule has 4 amide bonds. The smallest absolute Gasteiger partial charge is 0.318 e. The number of anilines is 1. The van der Waals surface area contributed by atoms with Crippen molar-refractivity contribution in [2.75, 3.05) is 4.90 Å². The van der Waals surface area contributed by atoms with Gasteiger partial charge in [0.1, 0.15) is 5.57 Å². The van der Waals surface area contributed by atoms with E-state index in [2.05, 4.69) is 33.9 Å². The maximum atomic E-state index is 13.1. The summed E-state index contributed by atoms with van der Waals surface area (Å²) in [5.41, 5.74) is 5.14. The lowest BCUT2D eigenvalue weighted by molar-refractivity contribution is -0.122. The van der Waals surface area contributed by atoms with Crippen LogP contribution in [0.15, 0.2) is 60.4 Å². The molecule has 1 aromatic carbocycles. The van der Waals surface area contributed by atoms with Crippen molar-refractivity contribution < 1.29 is 14.4 Å². The lowest BCUT2D eigenvalue weighted by Crippen LogP contribution is -2.54. The van der Waals surface area contributed by atoms with Crippen LogP contribution in [0.1, 0.15) is 29.4 Å². The molecule has 156 valence electrons. The van der Waals surface area contributed by atoms with Gasteiger partial charge >= 0.3 is 6.03 Å². The van der Waals surface area contributed by atoms with Crippen LogP contribution in [-0.2, 0) is 16.0 Å². The number of carbonyl (C=O) groups is 3. The van der Waals surface area contributed by atoms with Crippen molar-refractivity contribution in [3.05, 3.63) is 82.9 Å². The number of hydrogen-bond acceptors (Lipinski definition) is 4. The molecule has 3 heterocycles. The largest absolute Gasteiger partial charge is 0.335 e. The van der Waals surface area contributed by atoms with E-state index in [9.17, 15) is 14.4 Å². The van der Waals surface area contributed by atoms with E-state index in [-0.39, 0.29) is 5.57 Å².